The molecule has 7 nitrogen and oxygen atoms in total. The molecule has 0 saturated carbocycles. The van der Waals surface area contributed by atoms with Crippen molar-refractivity contribution >= 4 is 47.0 Å². The van der Waals surface area contributed by atoms with Gasteiger partial charge in [0.25, 0.3) is 5.91 Å². The molecular weight excluding hydrogens is 510 g/mol. The van der Waals surface area contributed by atoms with Gasteiger partial charge in [-0.15, -0.1) is 0 Å². The van der Waals surface area contributed by atoms with Gasteiger partial charge in [-0.25, -0.2) is 4.79 Å². The maximum absolute atomic E-state index is 14.1. The number of alkyl carbamates (subject to hydrolysis) is 1. The van der Waals surface area contributed by atoms with Crippen molar-refractivity contribution in [2.24, 2.45) is 0 Å². The highest BCUT2D eigenvalue weighted by Gasteiger charge is 2.41. The van der Waals surface area contributed by atoms with Crippen LogP contribution in [-0.2, 0) is 14.3 Å². The molecule has 39 heavy (non-hydrogen) atoms. The third-order valence-electron chi connectivity index (χ3n) is 6.05. The van der Waals surface area contributed by atoms with Crippen molar-refractivity contribution in [3.63, 3.8) is 0 Å². The van der Waals surface area contributed by atoms with Gasteiger partial charge in [-0.3, -0.25) is 9.59 Å². The molecule has 3 aromatic rings. The molecule has 0 radical (unpaired) electrons. The van der Waals surface area contributed by atoms with Gasteiger partial charge in [-0.2, -0.15) is 12.6 Å². The Hall–Kier alpha value is -3.52. The van der Waals surface area contributed by atoms with E-state index in [2.05, 4.69) is 23.3 Å². The fraction of sp³-hybridized carbons (Fsp3) is 0.387. The van der Waals surface area contributed by atoms with E-state index in [-0.39, 0.29) is 11.7 Å². The van der Waals surface area contributed by atoms with Crippen LogP contribution in [0.15, 0.2) is 66.7 Å². The van der Waals surface area contributed by atoms with E-state index in [1.807, 2.05) is 94.4 Å². The lowest BCUT2D eigenvalue weighted by Gasteiger charge is -2.43. The maximum Gasteiger partial charge on any atom is 0.408 e. The van der Waals surface area contributed by atoms with Crippen LogP contribution in [0.5, 0.6) is 0 Å². The number of hydrogen-bond acceptors (Lipinski definition) is 5. The molecule has 3 rings (SSSR count). The fourth-order valence-corrected chi connectivity index (χ4v) is 4.54. The third-order valence-corrected chi connectivity index (χ3v) is 6.41. The summed E-state index contributed by atoms with van der Waals surface area (Å²) in [5, 5.41) is 7.70. The molecule has 0 fully saturated rings. The lowest BCUT2D eigenvalue weighted by atomic mass is 9.95. The Balaban J connectivity index is 2.02. The molecule has 208 valence electrons. The first-order valence-electron chi connectivity index (χ1n) is 13.0. The number of amides is 3. The van der Waals surface area contributed by atoms with Gasteiger partial charge in [0.1, 0.15) is 17.7 Å². The molecule has 0 saturated heterocycles. The highest BCUT2D eigenvalue weighted by molar-refractivity contribution is 7.80. The standard InChI is InChI=1S/C31H39N3O4S/c1-20-12-14-22(15-13-20)26(27(35)32-24-17-16-21-10-8-9-11-23(21)18-24)34(30(2,3)4)28(36)25(19-39)33-29(37)38-31(5,6)7/h8-18,25-26,39H,19H2,1-7H3,(H,32,35)(H,33,37). The van der Waals surface area contributed by atoms with Crippen LogP contribution in [0.3, 0.4) is 0 Å². The zero-order chi connectivity index (χ0) is 29.0. The van der Waals surface area contributed by atoms with Crippen LogP contribution in [0.1, 0.15) is 58.7 Å². The van der Waals surface area contributed by atoms with Gasteiger partial charge >= 0.3 is 6.09 Å². The Bertz CT molecular complexity index is 1330. The van der Waals surface area contributed by atoms with E-state index < -0.39 is 35.2 Å². The third kappa shape index (κ3) is 7.99. The zero-order valence-corrected chi connectivity index (χ0v) is 24.6. The van der Waals surface area contributed by atoms with E-state index in [4.69, 9.17) is 4.74 Å². The molecule has 0 aliphatic rings. The number of carbonyl (C=O) groups is 3. The van der Waals surface area contributed by atoms with Gasteiger partial charge in [0.05, 0.1) is 0 Å². The van der Waals surface area contributed by atoms with E-state index in [0.29, 0.717) is 11.3 Å². The van der Waals surface area contributed by atoms with Crippen LogP contribution in [-0.4, -0.2) is 45.7 Å². The average Bonchev–Trinajstić information content (AvgIpc) is 2.84. The van der Waals surface area contributed by atoms with Gasteiger partial charge in [0.15, 0.2) is 0 Å². The highest BCUT2D eigenvalue weighted by atomic mass is 32.1. The number of ether oxygens (including phenoxy) is 1. The Morgan fingerprint density at radius 1 is 0.897 bits per heavy atom. The first-order chi connectivity index (χ1) is 18.2. The van der Waals surface area contributed by atoms with Gasteiger partial charge in [-0.05, 0) is 76.9 Å². The number of hydrogen-bond donors (Lipinski definition) is 3. The van der Waals surface area contributed by atoms with Crippen molar-refractivity contribution in [3.8, 4) is 0 Å². The van der Waals surface area contributed by atoms with Crippen molar-refractivity contribution in [2.45, 2.75) is 71.7 Å². The largest absolute Gasteiger partial charge is 0.444 e. The molecule has 0 aromatic heterocycles. The smallest absolute Gasteiger partial charge is 0.408 e. The molecule has 0 bridgehead atoms. The molecule has 0 spiro atoms. The fourth-order valence-electron chi connectivity index (χ4n) is 4.29. The minimum atomic E-state index is -1.01. The number of benzene rings is 3. The summed E-state index contributed by atoms with van der Waals surface area (Å²) in [5.74, 6) is -0.785. The summed E-state index contributed by atoms with van der Waals surface area (Å²) in [5.41, 5.74) is 0.778. The molecular formula is C31H39N3O4S. The summed E-state index contributed by atoms with van der Waals surface area (Å²) < 4.78 is 5.37. The van der Waals surface area contributed by atoms with Crippen molar-refractivity contribution in [2.75, 3.05) is 11.1 Å². The SMILES string of the molecule is Cc1ccc(C(C(=O)Nc2ccc3ccccc3c2)N(C(=O)C(CS)NC(=O)OC(C)(C)C)C(C)(C)C)cc1. The van der Waals surface area contributed by atoms with Crippen molar-refractivity contribution in [1.29, 1.82) is 0 Å². The molecule has 0 aliphatic heterocycles. The number of nitrogens with one attached hydrogen (secondary N) is 2. The predicted molar refractivity (Wildman–Crippen MR) is 160 cm³/mol. The number of carbonyl (C=O) groups excluding carboxylic acids is 3. The van der Waals surface area contributed by atoms with Crippen LogP contribution >= 0.6 is 12.6 Å². The molecule has 2 unspecified atom stereocenters. The number of rotatable bonds is 7. The second-order valence-corrected chi connectivity index (χ2v) is 12.0. The molecule has 3 aromatic carbocycles. The average molecular weight is 550 g/mol. The zero-order valence-electron chi connectivity index (χ0n) is 23.7. The number of aryl methyl sites for hydroxylation is 1. The molecule has 2 atom stereocenters. The summed E-state index contributed by atoms with van der Waals surface area (Å²) >= 11 is 4.35. The van der Waals surface area contributed by atoms with Gasteiger partial charge < -0.3 is 20.3 Å². The summed E-state index contributed by atoms with van der Waals surface area (Å²) in [6, 6.07) is 19.1. The lowest BCUT2D eigenvalue weighted by molar-refractivity contribution is -0.146. The van der Waals surface area contributed by atoms with Crippen molar-refractivity contribution in [1.82, 2.24) is 10.2 Å². The van der Waals surface area contributed by atoms with Crippen LogP contribution < -0.4 is 10.6 Å². The van der Waals surface area contributed by atoms with Crippen LogP contribution in [0.25, 0.3) is 10.8 Å². The Labute approximate surface area is 236 Å². The van der Waals surface area contributed by atoms with Crippen molar-refractivity contribution in [3.05, 3.63) is 77.9 Å². The van der Waals surface area contributed by atoms with Crippen LogP contribution in [0.4, 0.5) is 10.5 Å². The summed E-state index contributed by atoms with van der Waals surface area (Å²) in [4.78, 5) is 42.1. The van der Waals surface area contributed by atoms with Gasteiger partial charge in [0.2, 0.25) is 5.91 Å². The number of anilines is 1. The van der Waals surface area contributed by atoms with Crippen LogP contribution in [0.2, 0.25) is 0 Å². The summed E-state index contributed by atoms with van der Waals surface area (Å²) in [7, 11) is 0. The van der Waals surface area contributed by atoms with E-state index in [0.717, 1.165) is 16.3 Å². The minimum absolute atomic E-state index is 0.0254. The Morgan fingerprint density at radius 3 is 2.08 bits per heavy atom. The predicted octanol–water partition coefficient (Wildman–Crippen LogP) is 6.28. The first-order valence-corrected chi connectivity index (χ1v) is 13.6. The molecule has 3 amide bonds. The molecule has 0 aliphatic carbocycles. The highest BCUT2D eigenvalue weighted by Crippen LogP contribution is 2.32. The quantitative estimate of drug-likeness (QED) is 0.303. The number of thiol groups is 1. The monoisotopic (exact) mass is 549 g/mol. The minimum Gasteiger partial charge on any atom is -0.444 e. The van der Waals surface area contributed by atoms with E-state index in [9.17, 15) is 14.4 Å². The first kappa shape index (κ1) is 30.0. The lowest BCUT2D eigenvalue weighted by Crippen LogP contribution is -2.58. The normalized spacial score (nSPS) is 13.3. The van der Waals surface area contributed by atoms with E-state index >= 15 is 0 Å². The molecule has 2 N–H and O–H groups in total. The summed E-state index contributed by atoms with van der Waals surface area (Å²) in [6.07, 6.45) is -0.726. The Morgan fingerprint density at radius 2 is 1.51 bits per heavy atom. The van der Waals surface area contributed by atoms with Crippen molar-refractivity contribution < 1.29 is 19.1 Å². The number of nitrogens with zero attached hydrogens (tertiary/aromatic N) is 1. The van der Waals surface area contributed by atoms with E-state index in [1.165, 1.54) is 4.90 Å². The topological polar surface area (TPSA) is 87.7 Å². The van der Waals surface area contributed by atoms with Gasteiger partial charge in [0, 0.05) is 17.0 Å². The van der Waals surface area contributed by atoms with E-state index in [1.54, 1.807) is 20.8 Å². The second kappa shape index (κ2) is 12.1. The Kier molecular flexibility index (Phi) is 9.33. The molecule has 0 heterocycles. The van der Waals surface area contributed by atoms with Crippen LogP contribution in [0, 0.1) is 6.92 Å². The second-order valence-electron chi connectivity index (χ2n) is 11.6. The molecule has 8 heteroatoms. The number of fused-ring (bicyclic) bond motifs is 1. The van der Waals surface area contributed by atoms with Gasteiger partial charge in [-0.1, -0.05) is 60.2 Å². The summed E-state index contributed by atoms with van der Waals surface area (Å²) in [6.45, 7) is 12.8. The maximum atomic E-state index is 14.1.